The maximum Gasteiger partial charge on any atom is 0.0155 e. The van der Waals surface area contributed by atoms with Crippen LogP contribution < -0.4 is 5.32 Å². The minimum absolute atomic E-state index is 0.704. The van der Waals surface area contributed by atoms with Gasteiger partial charge in [-0.2, -0.15) is 0 Å². The van der Waals surface area contributed by atoms with Gasteiger partial charge in [-0.15, -0.1) is 0 Å². The van der Waals surface area contributed by atoms with Gasteiger partial charge in [-0.25, -0.2) is 0 Å². The lowest BCUT2D eigenvalue weighted by Gasteiger charge is -2.03. The lowest BCUT2D eigenvalue weighted by Crippen LogP contribution is -2.11. The van der Waals surface area contributed by atoms with Crippen molar-refractivity contribution in [3.63, 3.8) is 0 Å². The van der Waals surface area contributed by atoms with Gasteiger partial charge in [-0.1, -0.05) is 22.9 Å². The molecule has 0 spiro atoms. The van der Waals surface area contributed by atoms with E-state index in [9.17, 15) is 0 Å². The van der Waals surface area contributed by atoms with Gasteiger partial charge in [0.1, 0.15) is 0 Å². The van der Waals surface area contributed by atoms with Crippen LogP contribution in [0.4, 0.5) is 0 Å². The highest BCUT2D eigenvalue weighted by atomic mass is 79.9. The minimum atomic E-state index is 0.704. The molecule has 1 unspecified atom stereocenters. The van der Waals surface area contributed by atoms with E-state index >= 15 is 0 Å². The number of alkyl halides is 1. The summed E-state index contributed by atoms with van der Waals surface area (Å²) in [6.45, 7) is 3.30. The summed E-state index contributed by atoms with van der Waals surface area (Å²) in [5.74, 6) is 0. The van der Waals surface area contributed by atoms with Crippen LogP contribution in [0.3, 0.4) is 0 Å². The number of hydrogen-bond donors (Lipinski definition) is 1. The molecule has 0 heterocycles. The zero-order valence-corrected chi connectivity index (χ0v) is 7.16. The van der Waals surface area contributed by atoms with Crippen LogP contribution in [0, 0.1) is 0 Å². The van der Waals surface area contributed by atoms with Crippen LogP contribution in [0.25, 0.3) is 0 Å². The van der Waals surface area contributed by atoms with Gasteiger partial charge in [0.2, 0.25) is 0 Å². The Labute approximate surface area is 60.0 Å². The lowest BCUT2D eigenvalue weighted by molar-refractivity contribution is 0.687. The van der Waals surface area contributed by atoms with Gasteiger partial charge < -0.3 is 5.32 Å². The van der Waals surface area contributed by atoms with E-state index in [0.717, 1.165) is 6.54 Å². The largest absolute Gasteiger partial charge is 0.320 e. The highest BCUT2D eigenvalue weighted by Crippen LogP contribution is 2.06. The Morgan fingerprint density at radius 1 is 1.62 bits per heavy atom. The molecule has 0 bridgehead atoms. The second kappa shape index (κ2) is 5.57. The Morgan fingerprint density at radius 2 is 2.25 bits per heavy atom. The Hall–Kier alpha value is 0.440. The van der Waals surface area contributed by atoms with Gasteiger partial charge in [-0.05, 0) is 26.4 Å². The monoisotopic (exact) mass is 179 g/mol. The first-order valence-corrected chi connectivity index (χ1v) is 4.01. The molecular formula is C6H14BrN. The van der Waals surface area contributed by atoms with Crippen molar-refractivity contribution in [3.05, 3.63) is 0 Å². The van der Waals surface area contributed by atoms with Crippen LogP contribution in [0.5, 0.6) is 0 Å². The third-order valence-corrected chi connectivity index (χ3v) is 2.26. The second-order valence-electron chi connectivity index (χ2n) is 1.90. The van der Waals surface area contributed by atoms with Gasteiger partial charge in [-0.3, -0.25) is 0 Å². The number of halogens is 1. The molecule has 0 radical (unpaired) electrons. The van der Waals surface area contributed by atoms with E-state index < -0.39 is 0 Å². The Kier molecular flexibility index (Phi) is 5.88. The molecule has 1 atom stereocenters. The predicted molar refractivity (Wildman–Crippen MR) is 41.5 cm³/mol. The van der Waals surface area contributed by atoms with Crippen molar-refractivity contribution in [2.75, 3.05) is 13.6 Å². The number of rotatable bonds is 4. The molecule has 0 fully saturated rings. The Bertz CT molecular complexity index is 47.8. The summed E-state index contributed by atoms with van der Waals surface area (Å²) in [6, 6.07) is 0. The molecule has 2 heteroatoms. The van der Waals surface area contributed by atoms with E-state index in [1.807, 2.05) is 7.05 Å². The van der Waals surface area contributed by atoms with Crippen molar-refractivity contribution in [1.82, 2.24) is 5.32 Å². The first-order chi connectivity index (χ1) is 3.81. The highest BCUT2D eigenvalue weighted by molar-refractivity contribution is 9.09. The average Bonchev–Trinajstić information content (AvgIpc) is 1.83. The summed E-state index contributed by atoms with van der Waals surface area (Å²) in [5.41, 5.74) is 0. The van der Waals surface area contributed by atoms with Crippen LogP contribution >= 0.6 is 15.9 Å². The van der Waals surface area contributed by atoms with Crippen molar-refractivity contribution < 1.29 is 0 Å². The minimum Gasteiger partial charge on any atom is -0.320 e. The summed E-state index contributed by atoms with van der Waals surface area (Å²) in [7, 11) is 1.98. The van der Waals surface area contributed by atoms with Gasteiger partial charge in [0.25, 0.3) is 0 Å². The molecule has 0 aromatic heterocycles. The summed E-state index contributed by atoms with van der Waals surface area (Å²) >= 11 is 3.54. The third-order valence-electron chi connectivity index (χ3n) is 1.15. The molecule has 50 valence electrons. The average molecular weight is 180 g/mol. The topological polar surface area (TPSA) is 12.0 Å². The fraction of sp³-hybridized carbons (Fsp3) is 1.00. The zero-order chi connectivity index (χ0) is 6.41. The standard InChI is InChI=1S/C6H14BrN/c1-3-6(7)4-5-8-2/h6,8H,3-5H2,1-2H3. The highest BCUT2D eigenvalue weighted by Gasteiger charge is 1.96. The van der Waals surface area contributed by atoms with Crippen LogP contribution in [0.2, 0.25) is 0 Å². The molecule has 1 N–H and O–H groups in total. The molecule has 0 amide bonds. The maximum absolute atomic E-state index is 3.54. The molecule has 0 aliphatic heterocycles. The molecule has 8 heavy (non-hydrogen) atoms. The van der Waals surface area contributed by atoms with Crippen molar-refractivity contribution in [1.29, 1.82) is 0 Å². The van der Waals surface area contributed by atoms with E-state index in [0.29, 0.717) is 4.83 Å². The molecule has 0 rings (SSSR count). The molecule has 1 nitrogen and oxygen atoms in total. The SMILES string of the molecule is CCC(Br)CCNC. The van der Waals surface area contributed by atoms with Crippen molar-refractivity contribution >= 4 is 15.9 Å². The normalized spacial score (nSPS) is 13.9. The summed E-state index contributed by atoms with van der Waals surface area (Å²) in [5, 5.41) is 3.10. The van der Waals surface area contributed by atoms with Crippen molar-refractivity contribution in [2.45, 2.75) is 24.6 Å². The molecule has 0 aliphatic rings. The van der Waals surface area contributed by atoms with E-state index in [2.05, 4.69) is 28.2 Å². The Balaban J connectivity index is 2.86. The summed E-state index contributed by atoms with van der Waals surface area (Å²) in [4.78, 5) is 0.704. The zero-order valence-electron chi connectivity index (χ0n) is 5.58. The first kappa shape index (κ1) is 8.44. The summed E-state index contributed by atoms with van der Waals surface area (Å²) in [6.07, 6.45) is 2.45. The summed E-state index contributed by atoms with van der Waals surface area (Å²) < 4.78 is 0. The van der Waals surface area contributed by atoms with Gasteiger partial charge in [0.15, 0.2) is 0 Å². The Morgan fingerprint density at radius 3 is 2.62 bits per heavy atom. The van der Waals surface area contributed by atoms with E-state index in [-0.39, 0.29) is 0 Å². The molecule has 0 aromatic rings. The van der Waals surface area contributed by atoms with Crippen molar-refractivity contribution in [2.24, 2.45) is 0 Å². The van der Waals surface area contributed by atoms with Crippen LogP contribution in [0.15, 0.2) is 0 Å². The van der Waals surface area contributed by atoms with Crippen LogP contribution in [0.1, 0.15) is 19.8 Å². The number of hydrogen-bond acceptors (Lipinski definition) is 1. The molecule has 0 aromatic carbocycles. The lowest BCUT2D eigenvalue weighted by atomic mass is 10.2. The second-order valence-corrected chi connectivity index (χ2v) is 3.19. The van der Waals surface area contributed by atoms with E-state index in [1.165, 1.54) is 12.8 Å². The smallest absolute Gasteiger partial charge is 0.0155 e. The van der Waals surface area contributed by atoms with Gasteiger partial charge in [0.05, 0.1) is 0 Å². The van der Waals surface area contributed by atoms with Crippen molar-refractivity contribution in [3.8, 4) is 0 Å². The predicted octanol–water partition coefficient (Wildman–Crippen LogP) is 1.77. The first-order valence-electron chi connectivity index (χ1n) is 3.10. The molecule has 0 saturated carbocycles. The van der Waals surface area contributed by atoms with Crippen LogP contribution in [-0.4, -0.2) is 18.4 Å². The van der Waals surface area contributed by atoms with Gasteiger partial charge in [0, 0.05) is 4.83 Å². The van der Waals surface area contributed by atoms with Gasteiger partial charge >= 0.3 is 0 Å². The van der Waals surface area contributed by atoms with Crippen LogP contribution in [-0.2, 0) is 0 Å². The van der Waals surface area contributed by atoms with E-state index in [1.54, 1.807) is 0 Å². The van der Waals surface area contributed by atoms with E-state index in [4.69, 9.17) is 0 Å². The third kappa shape index (κ3) is 4.60. The maximum atomic E-state index is 3.54. The quantitative estimate of drug-likeness (QED) is 0.650. The fourth-order valence-electron chi connectivity index (χ4n) is 0.505. The molecular weight excluding hydrogens is 166 g/mol. The molecule has 0 aliphatic carbocycles. The molecule has 0 saturated heterocycles. The number of nitrogens with one attached hydrogen (secondary N) is 1. The fourth-order valence-corrected chi connectivity index (χ4v) is 0.734.